The van der Waals surface area contributed by atoms with Gasteiger partial charge in [0.1, 0.15) is 5.75 Å². The van der Waals surface area contributed by atoms with Crippen LogP contribution in [0.1, 0.15) is 29.8 Å². The van der Waals surface area contributed by atoms with Crippen LogP contribution in [0.2, 0.25) is 0 Å². The zero-order chi connectivity index (χ0) is 17.0. The molecule has 0 saturated heterocycles. The van der Waals surface area contributed by atoms with Crippen LogP contribution in [-0.4, -0.2) is 19.1 Å². The van der Waals surface area contributed by atoms with Gasteiger partial charge in [0, 0.05) is 23.9 Å². The Morgan fingerprint density at radius 2 is 1.83 bits per heavy atom. The average molecular weight is 319 g/mol. The molecule has 0 N–H and O–H groups in total. The van der Waals surface area contributed by atoms with Gasteiger partial charge in [-0.15, -0.1) is 0 Å². The normalized spacial score (nSPS) is 10.5. The van der Waals surface area contributed by atoms with Crippen molar-refractivity contribution < 1.29 is 18.3 Å². The minimum Gasteiger partial charge on any atom is -0.494 e. The molecule has 0 aliphatic heterocycles. The van der Waals surface area contributed by atoms with Gasteiger partial charge in [0.25, 0.3) is 5.91 Å². The summed E-state index contributed by atoms with van der Waals surface area (Å²) in [6, 6.07) is 8.58. The molecule has 0 bridgehead atoms. The van der Waals surface area contributed by atoms with Gasteiger partial charge in [-0.3, -0.25) is 4.79 Å². The Morgan fingerprint density at radius 3 is 2.39 bits per heavy atom. The summed E-state index contributed by atoms with van der Waals surface area (Å²) in [6.07, 6.45) is 0. The number of carbonyl (C=O) groups excluding carboxylic acids is 1. The molecule has 0 heterocycles. The van der Waals surface area contributed by atoms with Gasteiger partial charge < -0.3 is 9.64 Å². The maximum Gasteiger partial charge on any atom is 0.258 e. The Morgan fingerprint density at radius 1 is 1.09 bits per heavy atom. The van der Waals surface area contributed by atoms with Crippen molar-refractivity contribution in [1.82, 2.24) is 0 Å². The second-order valence-electron chi connectivity index (χ2n) is 5.06. The lowest BCUT2D eigenvalue weighted by molar-refractivity contribution is 0.0988. The van der Waals surface area contributed by atoms with Crippen LogP contribution in [0.5, 0.6) is 5.75 Å². The zero-order valence-corrected chi connectivity index (χ0v) is 13.4. The van der Waals surface area contributed by atoms with Crippen molar-refractivity contribution in [2.24, 2.45) is 0 Å². The van der Waals surface area contributed by atoms with E-state index in [1.165, 1.54) is 11.0 Å². The summed E-state index contributed by atoms with van der Waals surface area (Å²) in [5.74, 6) is -1.46. The summed E-state index contributed by atoms with van der Waals surface area (Å²) in [7, 11) is 0. The average Bonchev–Trinajstić information content (AvgIpc) is 2.53. The molecule has 3 nitrogen and oxygen atoms in total. The van der Waals surface area contributed by atoms with Crippen LogP contribution in [0.4, 0.5) is 14.5 Å². The molecule has 23 heavy (non-hydrogen) atoms. The van der Waals surface area contributed by atoms with E-state index in [0.29, 0.717) is 24.4 Å². The largest absolute Gasteiger partial charge is 0.494 e. The molecule has 1 amide bonds. The first-order valence-electron chi connectivity index (χ1n) is 7.48. The SMILES string of the molecule is CCOc1ccc(C(=O)N(CC)c2ccc(F)c(F)c2)cc1C. The first-order valence-corrected chi connectivity index (χ1v) is 7.48. The van der Waals surface area contributed by atoms with E-state index < -0.39 is 11.6 Å². The second kappa shape index (κ2) is 7.22. The number of carbonyl (C=O) groups is 1. The predicted molar refractivity (Wildman–Crippen MR) is 86.1 cm³/mol. The van der Waals surface area contributed by atoms with Crippen molar-refractivity contribution in [2.45, 2.75) is 20.8 Å². The highest BCUT2D eigenvalue weighted by Crippen LogP contribution is 2.23. The first-order chi connectivity index (χ1) is 11.0. The fourth-order valence-electron chi connectivity index (χ4n) is 2.35. The molecular weight excluding hydrogens is 300 g/mol. The highest BCUT2D eigenvalue weighted by molar-refractivity contribution is 6.06. The molecule has 2 rings (SSSR count). The third-order valence-corrected chi connectivity index (χ3v) is 3.50. The number of nitrogens with zero attached hydrogens (tertiary/aromatic N) is 1. The number of amides is 1. The van der Waals surface area contributed by atoms with Crippen LogP contribution in [-0.2, 0) is 0 Å². The van der Waals surface area contributed by atoms with Gasteiger partial charge in [0.05, 0.1) is 6.61 Å². The predicted octanol–water partition coefficient (Wildman–Crippen LogP) is 4.34. The quantitative estimate of drug-likeness (QED) is 0.820. The molecular formula is C18H19F2NO2. The van der Waals surface area contributed by atoms with Crippen molar-refractivity contribution in [2.75, 3.05) is 18.1 Å². The van der Waals surface area contributed by atoms with E-state index in [1.54, 1.807) is 25.1 Å². The lowest BCUT2D eigenvalue weighted by Crippen LogP contribution is -2.30. The maximum atomic E-state index is 13.4. The van der Waals surface area contributed by atoms with Gasteiger partial charge in [0.15, 0.2) is 11.6 Å². The third-order valence-electron chi connectivity index (χ3n) is 3.50. The van der Waals surface area contributed by atoms with Crippen LogP contribution < -0.4 is 9.64 Å². The summed E-state index contributed by atoms with van der Waals surface area (Å²) in [5, 5.41) is 0. The highest BCUT2D eigenvalue weighted by atomic mass is 19.2. The first kappa shape index (κ1) is 16.9. The van der Waals surface area contributed by atoms with Gasteiger partial charge in [-0.2, -0.15) is 0 Å². The van der Waals surface area contributed by atoms with Gasteiger partial charge in [-0.1, -0.05) is 0 Å². The lowest BCUT2D eigenvalue weighted by atomic mass is 10.1. The third kappa shape index (κ3) is 3.67. The molecule has 2 aromatic rings. The van der Waals surface area contributed by atoms with Gasteiger partial charge in [-0.25, -0.2) is 8.78 Å². The van der Waals surface area contributed by atoms with Gasteiger partial charge in [0.2, 0.25) is 0 Å². The topological polar surface area (TPSA) is 29.5 Å². The number of halogens is 2. The van der Waals surface area contributed by atoms with Crippen molar-refractivity contribution in [3.8, 4) is 5.75 Å². The minimum atomic E-state index is -0.975. The van der Waals surface area contributed by atoms with Gasteiger partial charge in [-0.05, 0) is 56.7 Å². The van der Waals surface area contributed by atoms with Crippen molar-refractivity contribution in [1.29, 1.82) is 0 Å². The minimum absolute atomic E-state index is 0.273. The molecule has 0 fully saturated rings. The fraction of sp³-hybridized carbons (Fsp3) is 0.278. The Hall–Kier alpha value is -2.43. The number of aryl methyl sites for hydroxylation is 1. The van der Waals surface area contributed by atoms with Crippen molar-refractivity contribution in [3.05, 3.63) is 59.2 Å². The summed E-state index contributed by atoms with van der Waals surface area (Å²) in [6.45, 7) is 6.41. The van der Waals surface area contributed by atoms with Crippen molar-refractivity contribution in [3.63, 3.8) is 0 Å². The van der Waals surface area contributed by atoms with E-state index in [4.69, 9.17) is 4.74 Å². The fourth-order valence-corrected chi connectivity index (χ4v) is 2.35. The molecule has 0 aromatic heterocycles. The number of rotatable bonds is 5. The van der Waals surface area contributed by atoms with Crippen LogP contribution in [0.15, 0.2) is 36.4 Å². The molecule has 122 valence electrons. The molecule has 0 aliphatic rings. The summed E-state index contributed by atoms with van der Waals surface area (Å²) in [4.78, 5) is 14.1. The zero-order valence-electron chi connectivity index (χ0n) is 13.4. The number of anilines is 1. The van der Waals surface area contributed by atoms with E-state index in [1.807, 2.05) is 13.8 Å². The molecule has 0 spiro atoms. The Labute approximate surface area is 134 Å². The maximum absolute atomic E-state index is 13.4. The highest BCUT2D eigenvalue weighted by Gasteiger charge is 2.18. The Bertz CT molecular complexity index is 716. The van der Waals surface area contributed by atoms with Crippen LogP contribution in [0.25, 0.3) is 0 Å². The van der Waals surface area contributed by atoms with E-state index >= 15 is 0 Å². The molecule has 0 aliphatic carbocycles. The molecule has 0 unspecified atom stereocenters. The lowest BCUT2D eigenvalue weighted by Gasteiger charge is -2.22. The smallest absolute Gasteiger partial charge is 0.258 e. The standard InChI is InChI=1S/C18H19F2NO2/c1-4-21(14-7-8-15(19)16(20)11-14)18(22)13-6-9-17(23-5-2)12(3)10-13/h6-11H,4-5H2,1-3H3. The summed E-state index contributed by atoms with van der Waals surface area (Å²) >= 11 is 0. The molecule has 2 aromatic carbocycles. The number of hydrogen-bond acceptors (Lipinski definition) is 2. The molecule has 0 saturated carbocycles. The van der Waals surface area contributed by atoms with E-state index in [9.17, 15) is 13.6 Å². The molecule has 0 atom stereocenters. The number of benzene rings is 2. The van der Waals surface area contributed by atoms with E-state index in [-0.39, 0.29) is 5.91 Å². The van der Waals surface area contributed by atoms with Crippen LogP contribution in [0, 0.1) is 18.6 Å². The van der Waals surface area contributed by atoms with E-state index in [0.717, 1.165) is 23.4 Å². The summed E-state index contributed by atoms with van der Waals surface area (Å²) in [5.41, 5.74) is 1.64. The van der Waals surface area contributed by atoms with E-state index in [2.05, 4.69) is 0 Å². The summed E-state index contributed by atoms with van der Waals surface area (Å²) < 4.78 is 31.9. The van der Waals surface area contributed by atoms with Crippen LogP contribution >= 0.6 is 0 Å². The Kier molecular flexibility index (Phi) is 5.32. The molecule has 5 heteroatoms. The number of ether oxygens (including phenoxy) is 1. The Balaban J connectivity index is 2.32. The number of hydrogen-bond donors (Lipinski definition) is 0. The van der Waals surface area contributed by atoms with Gasteiger partial charge >= 0.3 is 0 Å². The van der Waals surface area contributed by atoms with Crippen LogP contribution in [0.3, 0.4) is 0 Å². The van der Waals surface area contributed by atoms with Crippen molar-refractivity contribution >= 4 is 11.6 Å². The molecule has 0 radical (unpaired) electrons. The second-order valence-corrected chi connectivity index (χ2v) is 5.06. The monoisotopic (exact) mass is 319 g/mol.